The van der Waals surface area contributed by atoms with E-state index in [1.807, 2.05) is 24.3 Å². The zero-order chi connectivity index (χ0) is 19.4. The number of ether oxygens (including phenoxy) is 1. The Balaban J connectivity index is 1.54. The number of rotatable bonds is 5. The number of hydrogen-bond donors (Lipinski definition) is 1. The first kappa shape index (κ1) is 19.5. The van der Waals surface area contributed by atoms with Crippen molar-refractivity contribution in [2.45, 2.75) is 39.1 Å². The van der Waals surface area contributed by atoms with Gasteiger partial charge in [-0.15, -0.1) is 0 Å². The standard InChI is InChI=1S/C21H24F2N2O2/c1-14-11-25(12-15(2)27-14)13-17-5-3-16(4-6-17)10-24-21(26)19-8-7-18(22)9-20(19)23/h3-9,14-15H,10-13H2,1-2H3,(H,24,26)/t14-,15-/m1/s1. The minimum absolute atomic E-state index is 0.163. The van der Waals surface area contributed by atoms with Gasteiger partial charge in [-0.05, 0) is 37.1 Å². The molecule has 0 bridgehead atoms. The van der Waals surface area contributed by atoms with E-state index in [0.717, 1.165) is 37.3 Å². The second-order valence-electron chi connectivity index (χ2n) is 7.07. The maximum absolute atomic E-state index is 13.6. The summed E-state index contributed by atoms with van der Waals surface area (Å²) in [5.74, 6) is -2.13. The molecule has 1 aliphatic rings. The number of carbonyl (C=O) groups is 1. The highest BCUT2D eigenvalue weighted by Crippen LogP contribution is 2.15. The Kier molecular flexibility index (Phi) is 6.19. The predicted octanol–water partition coefficient (Wildman–Crippen LogP) is 3.50. The molecule has 0 spiro atoms. The summed E-state index contributed by atoms with van der Waals surface area (Å²) in [6.07, 6.45) is 0.463. The van der Waals surface area contributed by atoms with Gasteiger partial charge in [0, 0.05) is 32.2 Å². The van der Waals surface area contributed by atoms with E-state index >= 15 is 0 Å². The number of amides is 1. The Morgan fingerprint density at radius 1 is 1.07 bits per heavy atom. The minimum Gasteiger partial charge on any atom is -0.373 e. The average Bonchev–Trinajstić information content (AvgIpc) is 2.60. The average molecular weight is 374 g/mol. The molecule has 0 aromatic heterocycles. The molecule has 0 unspecified atom stereocenters. The molecule has 27 heavy (non-hydrogen) atoms. The molecule has 2 aromatic rings. The van der Waals surface area contributed by atoms with Crippen LogP contribution in [0.15, 0.2) is 42.5 Å². The molecular formula is C21H24F2N2O2. The second kappa shape index (κ2) is 8.59. The summed E-state index contributed by atoms with van der Waals surface area (Å²) in [5.41, 5.74) is 1.94. The zero-order valence-electron chi connectivity index (χ0n) is 15.5. The molecule has 4 nitrogen and oxygen atoms in total. The van der Waals surface area contributed by atoms with Crippen molar-refractivity contribution >= 4 is 5.91 Å². The van der Waals surface area contributed by atoms with E-state index in [2.05, 4.69) is 24.1 Å². The van der Waals surface area contributed by atoms with Crippen molar-refractivity contribution in [3.05, 3.63) is 70.8 Å². The lowest BCUT2D eigenvalue weighted by Crippen LogP contribution is -2.44. The quantitative estimate of drug-likeness (QED) is 0.871. The van der Waals surface area contributed by atoms with Gasteiger partial charge in [0.25, 0.3) is 5.91 Å². The Labute approximate surface area is 158 Å². The van der Waals surface area contributed by atoms with Crippen LogP contribution in [-0.2, 0) is 17.8 Å². The highest BCUT2D eigenvalue weighted by atomic mass is 19.1. The van der Waals surface area contributed by atoms with Crippen LogP contribution >= 0.6 is 0 Å². The van der Waals surface area contributed by atoms with Crippen LogP contribution in [0.4, 0.5) is 8.78 Å². The fourth-order valence-corrected chi connectivity index (χ4v) is 3.39. The number of halogens is 2. The van der Waals surface area contributed by atoms with Crippen LogP contribution in [0.2, 0.25) is 0 Å². The molecule has 3 rings (SSSR count). The fraction of sp³-hybridized carbons (Fsp3) is 0.381. The number of nitrogens with one attached hydrogen (secondary N) is 1. The topological polar surface area (TPSA) is 41.6 Å². The van der Waals surface area contributed by atoms with Gasteiger partial charge in [0.15, 0.2) is 0 Å². The molecule has 0 aliphatic carbocycles. The van der Waals surface area contributed by atoms with Gasteiger partial charge in [-0.2, -0.15) is 0 Å². The maximum atomic E-state index is 13.6. The number of hydrogen-bond acceptors (Lipinski definition) is 3. The second-order valence-corrected chi connectivity index (χ2v) is 7.07. The van der Waals surface area contributed by atoms with Gasteiger partial charge in [0.05, 0.1) is 17.8 Å². The summed E-state index contributed by atoms with van der Waals surface area (Å²) in [5, 5.41) is 2.66. The first-order valence-corrected chi connectivity index (χ1v) is 9.09. The van der Waals surface area contributed by atoms with Crippen molar-refractivity contribution in [3.8, 4) is 0 Å². The highest BCUT2D eigenvalue weighted by molar-refractivity contribution is 5.94. The van der Waals surface area contributed by atoms with Crippen LogP contribution in [0.1, 0.15) is 35.3 Å². The first-order chi connectivity index (χ1) is 12.9. The molecular weight excluding hydrogens is 350 g/mol. The van der Waals surface area contributed by atoms with Gasteiger partial charge in [-0.3, -0.25) is 9.69 Å². The van der Waals surface area contributed by atoms with E-state index in [4.69, 9.17) is 4.74 Å². The van der Waals surface area contributed by atoms with Crippen molar-refractivity contribution in [3.63, 3.8) is 0 Å². The molecule has 1 fully saturated rings. The summed E-state index contributed by atoms with van der Waals surface area (Å²) >= 11 is 0. The van der Waals surface area contributed by atoms with E-state index in [0.29, 0.717) is 6.07 Å². The number of benzene rings is 2. The lowest BCUT2D eigenvalue weighted by molar-refractivity contribution is -0.0704. The summed E-state index contributed by atoms with van der Waals surface area (Å²) in [4.78, 5) is 14.4. The zero-order valence-corrected chi connectivity index (χ0v) is 15.5. The van der Waals surface area contributed by atoms with Crippen molar-refractivity contribution in [1.82, 2.24) is 10.2 Å². The lowest BCUT2D eigenvalue weighted by atomic mass is 10.1. The van der Waals surface area contributed by atoms with E-state index in [9.17, 15) is 13.6 Å². The van der Waals surface area contributed by atoms with Crippen LogP contribution in [0, 0.1) is 11.6 Å². The number of carbonyl (C=O) groups excluding carboxylic acids is 1. The molecule has 0 saturated carbocycles. The Morgan fingerprint density at radius 2 is 1.70 bits per heavy atom. The summed E-state index contributed by atoms with van der Waals surface area (Å²) in [7, 11) is 0. The molecule has 2 atom stereocenters. The molecule has 1 aliphatic heterocycles. The SMILES string of the molecule is C[C@@H]1CN(Cc2ccc(CNC(=O)c3ccc(F)cc3F)cc2)C[C@@H](C)O1. The smallest absolute Gasteiger partial charge is 0.254 e. The van der Waals surface area contributed by atoms with E-state index in [1.54, 1.807) is 0 Å². The van der Waals surface area contributed by atoms with Gasteiger partial charge >= 0.3 is 0 Å². The lowest BCUT2D eigenvalue weighted by Gasteiger charge is -2.35. The molecule has 2 aromatic carbocycles. The summed E-state index contributed by atoms with van der Waals surface area (Å²) in [6.45, 7) is 7.11. The van der Waals surface area contributed by atoms with Crippen LogP contribution in [0.5, 0.6) is 0 Å². The summed E-state index contributed by atoms with van der Waals surface area (Å²) < 4.78 is 32.3. The number of nitrogens with zero attached hydrogens (tertiary/aromatic N) is 1. The van der Waals surface area contributed by atoms with Crippen molar-refractivity contribution in [2.75, 3.05) is 13.1 Å². The predicted molar refractivity (Wildman–Crippen MR) is 99.3 cm³/mol. The van der Waals surface area contributed by atoms with Crippen molar-refractivity contribution in [2.24, 2.45) is 0 Å². The third kappa shape index (κ3) is 5.34. The molecule has 144 valence electrons. The van der Waals surface area contributed by atoms with Crippen LogP contribution in [-0.4, -0.2) is 36.1 Å². The largest absolute Gasteiger partial charge is 0.373 e. The molecule has 1 amide bonds. The van der Waals surface area contributed by atoms with Gasteiger partial charge in [-0.25, -0.2) is 8.78 Å². The normalized spacial score (nSPS) is 20.4. The maximum Gasteiger partial charge on any atom is 0.254 e. The molecule has 1 saturated heterocycles. The van der Waals surface area contributed by atoms with E-state index in [-0.39, 0.29) is 24.3 Å². The Bertz CT molecular complexity index is 785. The van der Waals surface area contributed by atoms with Gasteiger partial charge < -0.3 is 10.1 Å². The highest BCUT2D eigenvalue weighted by Gasteiger charge is 2.22. The monoisotopic (exact) mass is 374 g/mol. The molecule has 1 N–H and O–H groups in total. The summed E-state index contributed by atoms with van der Waals surface area (Å²) in [6, 6.07) is 10.9. The third-order valence-corrected chi connectivity index (χ3v) is 4.55. The number of morpholine rings is 1. The van der Waals surface area contributed by atoms with Gasteiger partial charge in [0.1, 0.15) is 11.6 Å². The third-order valence-electron chi connectivity index (χ3n) is 4.55. The fourth-order valence-electron chi connectivity index (χ4n) is 3.39. The Hall–Kier alpha value is -2.31. The van der Waals surface area contributed by atoms with Gasteiger partial charge in [-0.1, -0.05) is 24.3 Å². The Morgan fingerprint density at radius 3 is 2.33 bits per heavy atom. The van der Waals surface area contributed by atoms with Gasteiger partial charge in [0.2, 0.25) is 0 Å². The van der Waals surface area contributed by atoms with E-state index < -0.39 is 17.5 Å². The van der Waals surface area contributed by atoms with Crippen LogP contribution < -0.4 is 5.32 Å². The van der Waals surface area contributed by atoms with Crippen molar-refractivity contribution < 1.29 is 18.3 Å². The van der Waals surface area contributed by atoms with Crippen molar-refractivity contribution in [1.29, 1.82) is 0 Å². The molecule has 0 radical (unpaired) electrons. The molecule has 6 heteroatoms. The van der Waals surface area contributed by atoms with Crippen LogP contribution in [0.3, 0.4) is 0 Å². The van der Waals surface area contributed by atoms with E-state index in [1.165, 1.54) is 5.56 Å². The molecule has 1 heterocycles. The minimum atomic E-state index is -0.864. The van der Waals surface area contributed by atoms with Crippen LogP contribution in [0.25, 0.3) is 0 Å². The first-order valence-electron chi connectivity index (χ1n) is 9.09.